The highest BCUT2D eigenvalue weighted by molar-refractivity contribution is 4.74. The molecule has 0 aromatic heterocycles. The molecule has 0 aromatic carbocycles. The van der Waals surface area contributed by atoms with E-state index in [0.29, 0.717) is 0 Å². The van der Waals surface area contributed by atoms with Crippen LogP contribution in [0.5, 0.6) is 0 Å². The highest BCUT2D eigenvalue weighted by Gasteiger charge is 2.19. The fraction of sp³-hybridized carbons (Fsp3) is 1.00. The van der Waals surface area contributed by atoms with Gasteiger partial charge in [-0.2, -0.15) is 0 Å². The molecule has 1 nitrogen and oxygen atoms in total. The second kappa shape index (κ2) is 10.7. The van der Waals surface area contributed by atoms with Gasteiger partial charge in [-0.15, -0.1) is 0 Å². The summed E-state index contributed by atoms with van der Waals surface area (Å²) in [5.74, 6) is 2.00. The van der Waals surface area contributed by atoms with E-state index in [-0.39, 0.29) is 0 Å². The van der Waals surface area contributed by atoms with Crippen molar-refractivity contribution in [3.8, 4) is 0 Å². The van der Waals surface area contributed by atoms with E-state index in [9.17, 15) is 0 Å². The molecule has 19 heavy (non-hydrogen) atoms. The SMILES string of the molecule is CCCCCCCC(C)NCC1CCC(CC)CC1. The van der Waals surface area contributed by atoms with Crippen LogP contribution in [0.25, 0.3) is 0 Å². The fourth-order valence-corrected chi connectivity index (χ4v) is 3.37. The van der Waals surface area contributed by atoms with Crippen molar-refractivity contribution in [1.82, 2.24) is 5.32 Å². The predicted molar refractivity (Wildman–Crippen MR) is 86.6 cm³/mol. The van der Waals surface area contributed by atoms with Crippen molar-refractivity contribution >= 4 is 0 Å². The fourth-order valence-electron chi connectivity index (χ4n) is 3.37. The van der Waals surface area contributed by atoms with Crippen molar-refractivity contribution in [3.63, 3.8) is 0 Å². The average Bonchev–Trinajstić information content (AvgIpc) is 2.45. The lowest BCUT2D eigenvalue weighted by molar-refractivity contribution is 0.256. The summed E-state index contributed by atoms with van der Waals surface area (Å²) in [4.78, 5) is 0. The van der Waals surface area contributed by atoms with Crippen LogP contribution in [-0.2, 0) is 0 Å². The van der Waals surface area contributed by atoms with E-state index in [1.807, 2.05) is 0 Å². The number of rotatable bonds is 10. The Labute approximate surface area is 121 Å². The number of unbranched alkanes of at least 4 members (excludes halogenated alkanes) is 4. The maximum Gasteiger partial charge on any atom is 0.00388 e. The molecule has 0 spiro atoms. The van der Waals surface area contributed by atoms with E-state index in [1.54, 1.807) is 0 Å². The minimum absolute atomic E-state index is 0.727. The standard InChI is InChI=1S/C18H37N/c1-4-6-7-8-9-10-16(3)19-15-18-13-11-17(5-2)12-14-18/h16-19H,4-15H2,1-3H3. The Morgan fingerprint density at radius 2 is 1.53 bits per heavy atom. The molecule has 1 unspecified atom stereocenters. The molecule has 0 saturated heterocycles. The summed E-state index contributed by atoms with van der Waals surface area (Å²) in [7, 11) is 0. The van der Waals surface area contributed by atoms with Crippen LogP contribution in [0, 0.1) is 11.8 Å². The van der Waals surface area contributed by atoms with Gasteiger partial charge in [0.05, 0.1) is 0 Å². The number of hydrogen-bond acceptors (Lipinski definition) is 1. The van der Waals surface area contributed by atoms with Crippen molar-refractivity contribution in [2.24, 2.45) is 11.8 Å². The summed E-state index contributed by atoms with van der Waals surface area (Å²) in [6.07, 6.45) is 15.7. The molecule has 0 heterocycles. The van der Waals surface area contributed by atoms with Crippen LogP contribution >= 0.6 is 0 Å². The lowest BCUT2D eigenvalue weighted by Crippen LogP contribution is -2.32. The van der Waals surface area contributed by atoms with Gasteiger partial charge in [0, 0.05) is 6.04 Å². The summed E-state index contributed by atoms with van der Waals surface area (Å²) in [5.41, 5.74) is 0. The van der Waals surface area contributed by atoms with Gasteiger partial charge in [-0.25, -0.2) is 0 Å². The minimum Gasteiger partial charge on any atom is -0.314 e. The summed E-state index contributed by atoms with van der Waals surface area (Å²) in [6, 6.07) is 0.727. The van der Waals surface area contributed by atoms with Gasteiger partial charge >= 0.3 is 0 Å². The minimum atomic E-state index is 0.727. The Hall–Kier alpha value is -0.0400. The molecule has 0 bridgehead atoms. The van der Waals surface area contributed by atoms with Crippen LogP contribution in [-0.4, -0.2) is 12.6 Å². The maximum atomic E-state index is 3.78. The van der Waals surface area contributed by atoms with Gasteiger partial charge in [0.25, 0.3) is 0 Å². The highest BCUT2D eigenvalue weighted by atomic mass is 14.9. The van der Waals surface area contributed by atoms with Crippen molar-refractivity contribution in [1.29, 1.82) is 0 Å². The highest BCUT2D eigenvalue weighted by Crippen LogP contribution is 2.30. The van der Waals surface area contributed by atoms with Crippen LogP contribution in [0.3, 0.4) is 0 Å². The Kier molecular flexibility index (Phi) is 9.59. The summed E-state index contributed by atoms with van der Waals surface area (Å²) < 4.78 is 0. The summed E-state index contributed by atoms with van der Waals surface area (Å²) in [6.45, 7) is 8.28. The zero-order chi connectivity index (χ0) is 13.9. The molecule has 1 saturated carbocycles. The lowest BCUT2D eigenvalue weighted by atomic mass is 9.81. The van der Waals surface area contributed by atoms with Crippen molar-refractivity contribution in [2.75, 3.05) is 6.54 Å². The van der Waals surface area contributed by atoms with Gasteiger partial charge in [0.1, 0.15) is 0 Å². The predicted octanol–water partition coefficient (Wildman–Crippen LogP) is 5.54. The Morgan fingerprint density at radius 1 is 0.895 bits per heavy atom. The molecule has 1 N–H and O–H groups in total. The second-order valence-corrected chi connectivity index (χ2v) is 6.81. The quantitative estimate of drug-likeness (QED) is 0.512. The molecule has 1 fully saturated rings. The lowest BCUT2D eigenvalue weighted by Gasteiger charge is -2.29. The molecule has 0 aromatic rings. The molecule has 1 heteroatoms. The first-order chi connectivity index (χ1) is 9.26. The Morgan fingerprint density at radius 3 is 2.16 bits per heavy atom. The summed E-state index contributed by atoms with van der Waals surface area (Å²) >= 11 is 0. The Bertz CT molecular complexity index is 194. The molecule has 1 aliphatic carbocycles. The third-order valence-corrected chi connectivity index (χ3v) is 5.04. The molecule has 0 amide bonds. The van der Waals surface area contributed by atoms with Gasteiger partial charge in [-0.3, -0.25) is 0 Å². The molecule has 114 valence electrons. The van der Waals surface area contributed by atoms with Gasteiger partial charge in [-0.1, -0.05) is 65.2 Å². The number of nitrogens with one attached hydrogen (secondary N) is 1. The van der Waals surface area contributed by atoms with Crippen molar-refractivity contribution in [3.05, 3.63) is 0 Å². The van der Waals surface area contributed by atoms with E-state index >= 15 is 0 Å². The molecule has 0 radical (unpaired) electrons. The van der Waals surface area contributed by atoms with Gasteiger partial charge in [0.2, 0.25) is 0 Å². The first kappa shape index (κ1) is 17.0. The van der Waals surface area contributed by atoms with E-state index in [4.69, 9.17) is 0 Å². The second-order valence-electron chi connectivity index (χ2n) is 6.81. The van der Waals surface area contributed by atoms with Crippen LogP contribution in [0.4, 0.5) is 0 Å². The summed E-state index contributed by atoms with van der Waals surface area (Å²) in [5, 5.41) is 3.78. The first-order valence-corrected chi connectivity index (χ1v) is 8.99. The smallest absolute Gasteiger partial charge is 0.00388 e. The van der Waals surface area contributed by atoms with E-state index in [2.05, 4.69) is 26.1 Å². The largest absolute Gasteiger partial charge is 0.314 e. The Balaban J connectivity index is 1.96. The molecule has 1 aliphatic rings. The number of hydrogen-bond donors (Lipinski definition) is 1. The van der Waals surface area contributed by atoms with Gasteiger partial charge in [0.15, 0.2) is 0 Å². The van der Waals surface area contributed by atoms with E-state index in [0.717, 1.165) is 17.9 Å². The normalized spacial score (nSPS) is 25.4. The van der Waals surface area contributed by atoms with Crippen LogP contribution in [0.15, 0.2) is 0 Å². The van der Waals surface area contributed by atoms with Gasteiger partial charge < -0.3 is 5.32 Å². The molecular weight excluding hydrogens is 230 g/mol. The van der Waals surface area contributed by atoms with Crippen LogP contribution in [0.2, 0.25) is 0 Å². The van der Waals surface area contributed by atoms with Gasteiger partial charge in [-0.05, 0) is 44.6 Å². The zero-order valence-corrected chi connectivity index (χ0v) is 13.7. The molecule has 1 rings (SSSR count). The first-order valence-electron chi connectivity index (χ1n) is 8.99. The average molecular weight is 268 g/mol. The third-order valence-electron chi connectivity index (χ3n) is 5.04. The maximum absolute atomic E-state index is 3.78. The molecule has 1 atom stereocenters. The monoisotopic (exact) mass is 267 g/mol. The van der Waals surface area contributed by atoms with E-state index in [1.165, 1.54) is 77.2 Å². The third kappa shape index (κ3) is 7.97. The van der Waals surface area contributed by atoms with Crippen LogP contribution in [0.1, 0.15) is 91.4 Å². The molecular formula is C18H37N. The van der Waals surface area contributed by atoms with Crippen molar-refractivity contribution in [2.45, 2.75) is 97.4 Å². The molecule has 0 aliphatic heterocycles. The topological polar surface area (TPSA) is 12.0 Å². The zero-order valence-electron chi connectivity index (χ0n) is 13.7. The van der Waals surface area contributed by atoms with E-state index < -0.39 is 0 Å². The van der Waals surface area contributed by atoms with Crippen molar-refractivity contribution < 1.29 is 0 Å². The van der Waals surface area contributed by atoms with Crippen LogP contribution < -0.4 is 5.32 Å².